The molecule has 0 radical (unpaired) electrons. The van der Waals surface area contributed by atoms with E-state index in [0.717, 1.165) is 28.6 Å². The van der Waals surface area contributed by atoms with Crippen LogP contribution in [0.5, 0.6) is 5.75 Å². The van der Waals surface area contributed by atoms with E-state index in [9.17, 15) is 0 Å². The first-order valence-corrected chi connectivity index (χ1v) is 7.24. The lowest BCUT2D eigenvalue weighted by atomic mass is 10.2. The van der Waals surface area contributed by atoms with E-state index in [2.05, 4.69) is 30.9 Å². The van der Waals surface area contributed by atoms with Crippen molar-refractivity contribution in [3.05, 3.63) is 59.1 Å². The molecule has 0 aliphatic carbocycles. The highest BCUT2D eigenvalue weighted by Gasteiger charge is 2.15. The van der Waals surface area contributed by atoms with E-state index in [0.29, 0.717) is 0 Å². The molecule has 2 nitrogen and oxygen atoms in total. The Morgan fingerprint density at radius 1 is 1.10 bits per heavy atom. The van der Waals surface area contributed by atoms with Gasteiger partial charge in [0.25, 0.3) is 0 Å². The smallest absolute Gasteiger partial charge is 0.169 e. The van der Waals surface area contributed by atoms with Gasteiger partial charge in [-0.2, -0.15) is 0 Å². The largest absolute Gasteiger partial charge is 0.471 e. The zero-order valence-corrected chi connectivity index (χ0v) is 12.9. The minimum Gasteiger partial charge on any atom is -0.471 e. The Bertz CT molecular complexity index is 556. The lowest BCUT2D eigenvalue weighted by molar-refractivity contribution is 0.215. The molecule has 2 aromatic rings. The van der Waals surface area contributed by atoms with Crippen molar-refractivity contribution in [2.75, 3.05) is 11.4 Å². The molecule has 3 heteroatoms. The van der Waals surface area contributed by atoms with Crippen LogP contribution in [0.4, 0.5) is 5.69 Å². The molecule has 20 heavy (non-hydrogen) atoms. The summed E-state index contributed by atoms with van der Waals surface area (Å²) in [5.41, 5.74) is 2.13. The van der Waals surface area contributed by atoms with Gasteiger partial charge >= 0.3 is 0 Å². The summed E-state index contributed by atoms with van der Waals surface area (Å²) in [5.74, 6) is 0.833. The van der Waals surface area contributed by atoms with Gasteiger partial charge < -0.3 is 9.64 Å². The molecule has 1 atom stereocenters. The van der Waals surface area contributed by atoms with Gasteiger partial charge in [-0.15, -0.1) is 0 Å². The van der Waals surface area contributed by atoms with Crippen molar-refractivity contribution in [1.82, 2.24) is 0 Å². The standard InChI is InChI=1S/C17H20ClNO/c1-4-19(15-9-6-5-7-10-15)14(3)20-17-12-8-11-16(18)13(17)2/h5-12,14H,4H2,1-3H3. The third kappa shape index (κ3) is 3.26. The third-order valence-electron chi connectivity index (χ3n) is 3.38. The highest BCUT2D eigenvalue weighted by molar-refractivity contribution is 6.31. The van der Waals surface area contributed by atoms with Gasteiger partial charge in [-0.3, -0.25) is 0 Å². The zero-order valence-electron chi connectivity index (χ0n) is 12.1. The number of hydrogen-bond acceptors (Lipinski definition) is 2. The highest BCUT2D eigenvalue weighted by Crippen LogP contribution is 2.27. The molecule has 0 heterocycles. The van der Waals surface area contributed by atoms with Crippen molar-refractivity contribution < 1.29 is 4.74 Å². The van der Waals surface area contributed by atoms with Gasteiger partial charge in [0.2, 0.25) is 0 Å². The predicted octanol–water partition coefficient (Wildman–Crippen LogP) is 4.90. The van der Waals surface area contributed by atoms with Crippen LogP contribution < -0.4 is 9.64 Å². The van der Waals surface area contributed by atoms with E-state index in [-0.39, 0.29) is 6.23 Å². The molecule has 1 unspecified atom stereocenters. The predicted molar refractivity (Wildman–Crippen MR) is 85.7 cm³/mol. The van der Waals surface area contributed by atoms with E-state index >= 15 is 0 Å². The van der Waals surface area contributed by atoms with E-state index in [1.54, 1.807) is 0 Å². The Hall–Kier alpha value is -1.67. The first-order chi connectivity index (χ1) is 9.63. The van der Waals surface area contributed by atoms with Crippen molar-refractivity contribution in [2.24, 2.45) is 0 Å². The van der Waals surface area contributed by atoms with Crippen molar-refractivity contribution in [1.29, 1.82) is 0 Å². The summed E-state index contributed by atoms with van der Waals surface area (Å²) >= 11 is 6.13. The second-order valence-electron chi connectivity index (χ2n) is 4.70. The number of halogens is 1. The van der Waals surface area contributed by atoms with Crippen LogP contribution in [-0.2, 0) is 0 Å². The lowest BCUT2D eigenvalue weighted by Crippen LogP contribution is -2.37. The topological polar surface area (TPSA) is 12.5 Å². The van der Waals surface area contributed by atoms with Crippen LogP contribution in [0.15, 0.2) is 48.5 Å². The maximum Gasteiger partial charge on any atom is 0.169 e. The molecule has 106 valence electrons. The Kier molecular flexibility index (Phi) is 4.91. The third-order valence-corrected chi connectivity index (χ3v) is 3.79. The van der Waals surface area contributed by atoms with Crippen molar-refractivity contribution in [3.63, 3.8) is 0 Å². The van der Waals surface area contributed by atoms with Gasteiger partial charge in [0, 0.05) is 22.8 Å². The van der Waals surface area contributed by atoms with E-state index in [4.69, 9.17) is 16.3 Å². The van der Waals surface area contributed by atoms with Crippen LogP contribution in [0.1, 0.15) is 19.4 Å². The normalized spacial score (nSPS) is 12.0. The summed E-state index contributed by atoms with van der Waals surface area (Å²) in [7, 11) is 0. The first-order valence-electron chi connectivity index (χ1n) is 6.87. The fraction of sp³-hybridized carbons (Fsp3) is 0.294. The molecule has 2 rings (SSSR count). The number of rotatable bonds is 5. The van der Waals surface area contributed by atoms with Crippen LogP contribution in [0.25, 0.3) is 0 Å². The Balaban J connectivity index is 2.18. The second-order valence-corrected chi connectivity index (χ2v) is 5.11. The van der Waals surface area contributed by atoms with Crippen LogP contribution in [0.2, 0.25) is 5.02 Å². The second kappa shape index (κ2) is 6.67. The van der Waals surface area contributed by atoms with E-state index in [1.165, 1.54) is 0 Å². The van der Waals surface area contributed by atoms with Crippen molar-refractivity contribution >= 4 is 17.3 Å². The van der Waals surface area contributed by atoms with Crippen molar-refractivity contribution in [2.45, 2.75) is 27.0 Å². The quantitative estimate of drug-likeness (QED) is 0.726. The average Bonchev–Trinajstić information content (AvgIpc) is 2.46. The maximum absolute atomic E-state index is 6.13. The van der Waals surface area contributed by atoms with Gasteiger partial charge in [-0.05, 0) is 45.0 Å². The van der Waals surface area contributed by atoms with Crippen LogP contribution in [-0.4, -0.2) is 12.8 Å². The molecule has 0 saturated heterocycles. The lowest BCUT2D eigenvalue weighted by Gasteiger charge is -2.30. The molecule has 0 aromatic heterocycles. The van der Waals surface area contributed by atoms with Crippen LogP contribution in [0.3, 0.4) is 0 Å². The minimum atomic E-state index is -0.0560. The summed E-state index contributed by atoms with van der Waals surface area (Å²) in [6.07, 6.45) is -0.0560. The average molecular weight is 290 g/mol. The number of nitrogens with zero attached hydrogens (tertiary/aromatic N) is 1. The molecule has 0 amide bonds. The van der Waals surface area contributed by atoms with Crippen LogP contribution >= 0.6 is 11.6 Å². The number of hydrogen-bond donors (Lipinski definition) is 0. The monoisotopic (exact) mass is 289 g/mol. The molecule has 2 aromatic carbocycles. The molecule has 0 bridgehead atoms. The minimum absolute atomic E-state index is 0.0560. The maximum atomic E-state index is 6.13. The van der Waals surface area contributed by atoms with Gasteiger partial charge in [0.15, 0.2) is 6.23 Å². The van der Waals surface area contributed by atoms with E-state index in [1.807, 2.05) is 43.3 Å². The summed E-state index contributed by atoms with van der Waals surface area (Å²) in [6, 6.07) is 16.0. The molecule has 0 fully saturated rings. The number of ether oxygens (including phenoxy) is 1. The Morgan fingerprint density at radius 2 is 1.80 bits per heavy atom. The first kappa shape index (κ1) is 14.7. The summed E-state index contributed by atoms with van der Waals surface area (Å²) < 4.78 is 6.07. The molecule has 0 N–H and O–H groups in total. The Morgan fingerprint density at radius 3 is 2.45 bits per heavy atom. The Labute approximate surface area is 125 Å². The zero-order chi connectivity index (χ0) is 14.5. The number of anilines is 1. The molecule has 0 aliphatic heterocycles. The van der Waals surface area contributed by atoms with Gasteiger partial charge in [0.05, 0.1) is 0 Å². The fourth-order valence-electron chi connectivity index (χ4n) is 2.23. The van der Waals surface area contributed by atoms with Gasteiger partial charge in [-0.25, -0.2) is 0 Å². The molecule has 0 saturated carbocycles. The van der Waals surface area contributed by atoms with Crippen molar-refractivity contribution in [3.8, 4) is 5.75 Å². The van der Waals surface area contributed by atoms with Gasteiger partial charge in [-0.1, -0.05) is 35.9 Å². The SMILES string of the molecule is CCN(c1ccccc1)C(C)Oc1cccc(Cl)c1C. The summed E-state index contributed by atoms with van der Waals surface area (Å²) in [6.45, 7) is 7.03. The fourth-order valence-corrected chi connectivity index (χ4v) is 2.40. The summed E-state index contributed by atoms with van der Waals surface area (Å²) in [5, 5.41) is 0.734. The summed E-state index contributed by atoms with van der Waals surface area (Å²) in [4.78, 5) is 2.21. The number of para-hydroxylation sites is 1. The molecule has 0 spiro atoms. The molecule has 0 aliphatic rings. The number of benzene rings is 2. The molecular formula is C17H20ClNO. The van der Waals surface area contributed by atoms with Crippen LogP contribution in [0, 0.1) is 6.92 Å². The van der Waals surface area contributed by atoms with Gasteiger partial charge in [0.1, 0.15) is 5.75 Å². The van der Waals surface area contributed by atoms with E-state index < -0.39 is 0 Å². The molecular weight excluding hydrogens is 270 g/mol. The highest BCUT2D eigenvalue weighted by atomic mass is 35.5.